The average molecular weight is 300 g/mol. The summed E-state index contributed by atoms with van der Waals surface area (Å²) in [6.45, 7) is 3.33. The second-order valence-electron chi connectivity index (χ2n) is 4.60. The van der Waals surface area contributed by atoms with Gasteiger partial charge in [0.05, 0.1) is 6.61 Å². The summed E-state index contributed by atoms with van der Waals surface area (Å²) >= 11 is 0. The van der Waals surface area contributed by atoms with Gasteiger partial charge in [-0.15, -0.1) is 0 Å². The van der Waals surface area contributed by atoms with E-state index in [1.807, 2.05) is 6.92 Å². The lowest BCUT2D eigenvalue weighted by Gasteiger charge is -2.19. The number of fused-ring (bicyclic) bond motifs is 1. The van der Waals surface area contributed by atoms with Crippen molar-refractivity contribution in [2.24, 2.45) is 0 Å². The molecule has 6 heteroatoms. The van der Waals surface area contributed by atoms with Gasteiger partial charge in [0.1, 0.15) is 18.8 Å². The zero-order valence-electron chi connectivity index (χ0n) is 12.2. The molecular weight excluding hydrogens is 284 g/mol. The average Bonchev–Trinajstić information content (AvgIpc) is 2.55. The summed E-state index contributed by atoms with van der Waals surface area (Å²) in [7, 11) is 0. The SMILES string of the molecule is CCOc1ncccc1C(=O)Nc1ccc2c(c1)OCCO2. The maximum Gasteiger partial charge on any atom is 0.261 e. The van der Waals surface area contributed by atoms with E-state index in [1.54, 1.807) is 36.5 Å². The number of nitrogens with one attached hydrogen (secondary N) is 1. The Kier molecular flexibility index (Phi) is 4.09. The standard InChI is InChI=1S/C16H16N2O4/c1-2-20-16-12(4-3-7-17-16)15(19)18-11-5-6-13-14(10-11)22-9-8-21-13/h3-7,10H,2,8-9H2,1H3,(H,18,19). The van der Waals surface area contributed by atoms with Crippen molar-refractivity contribution in [2.45, 2.75) is 6.92 Å². The van der Waals surface area contributed by atoms with Crippen LogP contribution in [0.25, 0.3) is 0 Å². The molecule has 114 valence electrons. The number of hydrogen-bond acceptors (Lipinski definition) is 5. The summed E-state index contributed by atoms with van der Waals surface area (Å²) in [5, 5.41) is 2.81. The van der Waals surface area contributed by atoms with Crippen molar-refractivity contribution in [2.75, 3.05) is 25.1 Å². The van der Waals surface area contributed by atoms with Crippen molar-refractivity contribution in [3.05, 3.63) is 42.1 Å². The molecule has 0 bridgehead atoms. The van der Waals surface area contributed by atoms with Crippen LogP contribution in [0.15, 0.2) is 36.5 Å². The molecule has 0 saturated heterocycles. The maximum atomic E-state index is 12.4. The smallest absolute Gasteiger partial charge is 0.261 e. The maximum absolute atomic E-state index is 12.4. The number of aromatic nitrogens is 1. The molecule has 1 aromatic heterocycles. The summed E-state index contributed by atoms with van der Waals surface area (Å²) in [6, 6.07) is 8.65. The quantitative estimate of drug-likeness (QED) is 0.939. The van der Waals surface area contributed by atoms with Crippen LogP contribution in [0.4, 0.5) is 5.69 Å². The van der Waals surface area contributed by atoms with Crippen LogP contribution in [0, 0.1) is 0 Å². The van der Waals surface area contributed by atoms with Gasteiger partial charge in [-0.2, -0.15) is 0 Å². The van der Waals surface area contributed by atoms with E-state index in [4.69, 9.17) is 14.2 Å². The van der Waals surface area contributed by atoms with Crippen LogP contribution in [-0.4, -0.2) is 30.7 Å². The number of hydrogen-bond donors (Lipinski definition) is 1. The van der Waals surface area contributed by atoms with E-state index in [0.29, 0.717) is 48.5 Å². The van der Waals surface area contributed by atoms with E-state index >= 15 is 0 Å². The third kappa shape index (κ3) is 2.95. The fourth-order valence-electron chi connectivity index (χ4n) is 2.13. The van der Waals surface area contributed by atoms with E-state index in [1.165, 1.54) is 0 Å². The number of pyridine rings is 1. The van der Waals surface area contributed by atoms with Gasteiger partial charge in [0.15, 0.2) is 11.5 Å². The van der Waals surface area contributed by atoms with Crippen molar-refractivity contribution in [1.82, 2.24) is 4.98 Å². The van der Waals surface area contributed by atoms with Gasteiger partial charge in [0.25, 0.3) is 5.91 Å². The third-order valence-electron chi connectivity index (χ3n) is 3.10. The van der Waals surface area contributed by atoms with Gasteiger partial charge < -0.3 is 19.5 Å². The number of benzene rings is 1. The molecule has 0 radical (unpaired) electrons. The van der Waals surface area contributed by atoms with Crippen LogP contribution in [-0.2, 0) is 0 Å². The monoisotopic (exact) mass is 300 g/mol. The second kappa shape index (κ2) is 6.34. The molecule has 0 saturated carbocycles. The summed E-state index contributed by atoms with van der Waals surface area (Å²) < 4.78 is 16.3. The van der Waals surface area contributed by atoms with Gasteiger partial charge in [0.2, 0.25) is 5.88 Å². The topological polar surface area (TPSA) is 69.7 Å². The van der Waals surface area contributed by atoms with Crippen molar-refractivity contribution in [3.63, 3.8) is 0 Å². The molecule has 0 fully saturated rings. The molecule has 22 heavy (non-hydrogen) atoms. The molecule has 3 rings (SSSR count). The molecular formula is C16H16N2O4. The summed E-state index contributed by atoms with van der Waals surface area (Å²) in [4.78, 5) is 16.4. The fourth-order valence-corrected chi connectivity index (χ4v) is 2.13. The van der Waals surface area contributed by atoms with Gasteiger partial charge in [-0.3, -0.25) is 4.79 Å². The number of ether oxygens (including phenoxy) is 3. The molecule has 1 aliphatic heterocycles. The minimum absolute atomic E-state index is 0.284. The summed E-state index contributed by atoms with van der Waals surface area (Å²) in [6.07, 6.45) is 1.59. The van der Waals surface area contributed by atoms with Gasteiger partial charge in [-0.05, 0) is 31.2 Å². The Morgan fingerprint density at radius 2 is 2.09 bits per heavy atom. The largest absolute Gasteiger partial charge is 0.486 e. The van der Waals surface area contributed by atoms with Crippen molar-refractivity contribution >= 4 is 11.6 Å². The van der Waals surface area contributed by atoms with Crippen molar-refractivity contribution < 1.29 is 19.0 Å². The molecule has 1 N–H and O–H groups in total. The number of carbonyl (C=O) groups is 1. The molecule has 2 aromatic rings. The molecule has 0 atom stereocenters. The van der Waals surface area contributed by atoms with Crippen LogP contribution >= 0.6 is 0 Å². The van der Waals surface area contributed by atoms with E-state index in [2.05, 4.69) is 10.3 Å². The highest BCUT2D eigenvalue weighted by Crippen LogP contribution is 2.32. The number of anilines is 1. The van der Waals surface area contributed by atoms with Crippen molar-refractivity contribution in [3.8, 4) is 17.4 Å². The minimum atomic E-state index is -0.284. The molecule has 0 spiro atoms. The van der Waals surface area contributed by atoms with E-state index in [0.717, 1.165) is 0 Å². The van der Waals surface area contributed by atoms with E-state index < -0.39 is 0 Å². The molecule has 0 aliphatic carbocycles. The number of carbonyl (C=O) groups excluding carboxylic acids is 1. The first kappa shape index (κ1) is 14.2. The van der Waals surface area contributed by atoms with Crippen LogP contribution in [0.2, 0.25) is 0 Å². The Morgan fingerprint density at radius 1 is 1.27 bits per heavy atom. The van der Waals surface area contributed by atoms with Gasteiger partial charge >= 0.3 is 0 Å². The zero-order chi connectivity index (χ0) is 15.4. The van der Waals surface area contributed by atoms with Gasteiger partial charge in [-0.1, -0.05) is 0 Å². The number of rotatable bonds is 4. The lowest BCUT2D eigenvalue weighted by Crippen LogP contribution is -2.17. The second-order valence-corrected chi connectivity index (χ2v) is 4.60. The van der Waals surface area contributed by atoms with Crippen LogP contribution in [0.3, 0.4) is 0 Å². The molecule has 1 amide bonds. The predicted molar refractivity (Wildman–Crippen MR) is 80.8 cm³/mol. The Hall–Kier alpha value is -2.76. The van der Waals surface area contributed by atoms with Gasteiger partial charge in [-0.25, -0.2) is 4.98 Å². The highest BCUT2D eigenvalue weighted by molar-refractivity contribution is 6.05. The molecule has 1 aliphatic rings. The van der Waals surface area contributed by atoms with Crippen molar-refractivity contribution in [1.29, 1.82) is 0 Å². The molecule has 2 heterocycles. The highest BCUT2D eigenvalue weighted by Gasteiger charge is 2.16. The predicted octanol–water partition coefficient (Wildman–Crippen LogP) is 2.50. The van der Waals surface area contributed by atoms with Crippen LogP contribution in [0.1, 0.15) is 17.3 Å². The fraction of sp³-hybridized carbons (Fsp3) is 0.250. The van der Waals surface area contributed by atoms with Gasteiger partial charge in [0, 0.05) is 18.0 Å². The molecule has 0 unspecified atom stereocenters. The minimum Gasteiger partial charge on any atom is -0.486 e. The molecule has 6 nitrogen and oxygen atoms in total. The Balaban J connectivity index is 1.80. The summed E-state index contributed by atoms with van der Waals surface area (Å²) in [5.74, 6) is 1.34. The van der Waals surface area contributed by atoms with E-state index in [-0.39, 0.29) is 5.91 Å². The normalized spacial score (nSPS) is 12.6. The molecule has 1 aromatic carbocycles. The Morgan fingerprint density at radius 3 is 2.91 bits per heavy atom. The Bertz CT molecular complexity index is 688. The third-order valence-corrected chi connectivity index (χ3v) is 3.10. The lowest BCUT2D eigenvalue weighted by molar-refractivity contribution is 0.102. The zero-order valence-corrected chi connectivity index (χ0v) is 12.2. The first-order chi connectivity index (χ1) is 10.8. The number of nitrogens with zero attached hydrogens (tertiary/aromatic N) is 1. The first-order valence-corrected chi connectivity index (χ1v) is 7.06. The first-order valence-electron chi connectivity index (χ1n) is 7.06. The summed E-state index contributed by atoms with van der Waals surface area (Å²) in [5.41, 5.74) is 1.01. The number of amides is 1. The highest BCUT2D eigenvalue weighted by atomic mass is 16.6. The Labute approximate surface area is 128 Å². The lowest BCUT2D eigenvalue weighted by atomic mass is 10.2. The van der Waals surface area contributed by atoms with E-state index in [9.17, 15) is 4.79 Å². The van der Waals surface area contributed by atoms with Crippen LogP contribution < -0.4 is 19.5 Å². The van der Waals surface area contributed by atoms with Crippen LogP contribution in [0.5, 0.6) is 17.4 Å².